The highest BCUT2D eigenvalue weighted by atomic mass is 79.9. The minimum absolute atomic E-state index is 0.0807. The minimum atomic E-state index is -1.83. The molecule has 26 heavy (non-hydrogen) atoms. The van der Waals surface area contributed by atoms with Crippen LogP contribution < -0.4 is 4.90 Å². The number of hydrogen-bond donors (Lipinski definition) is 2. The van der Waals surface area contributed by atoms with Crippen LogP contribution in [-0.2, 0) is 5.60 Å². The van der Waals surface area contributed by atoms with Gasteiger partial charge >= 0.3 is 0 Å². The normalized spacial score (nSPS) is 22.1. The van der Waals surface area contributed by atoms with Crippen molar-refractivity contribution in [2.75, 3.05) is 31.1 Å². The minimum Gasteiger partial charge on any atom is -0.375 e. The van der Waals surface area contributed by atoms with E-state index in [1.807, 2.05) is 12.1 Å². The number of likely N-dealkylation sites (N-methyl/N-ethyl adjacent to an activating group) is 1. The standard InChI is InChI=1S/C20H24BrFN2O2/c1-3-23(4-2)11-12-24-18-10-9-14(21)13-16(18)20(26,19(24)25)15-7-5-6-8-17(15)22/h5-10,13,19,25-26H,3-4,11-12H2,1-2H3. The SMILES string of the molecule is CCN(CC)CCN1c2ccc(Br)cc2C(O)(c2ccccc2F)C1O. The van der Waals surface area contributed by atoms with Gasteiger partial charge in [-0.25, -0.2) is 4.39 Å². The van der Waals surface area contributed by atoms with E-state index in [2.05, 4.69) is 34.7 Å². The molecule has 0 saturated heterocycles. The smallest absolute Gasteiger partial charge is 0.164 e. The van der Waals surface area contributed by atoms with Crippen LogP contribution in [0.3, 0.4) is 0 Å². The Morgan fingerprint density at radius 2 is 1.85 bits per heavy atom. The Labute approximate surface area is 162 Å². The Kier molecular flexibility index (Phi) is 5.67. The highest BCUT2D eigenvalue weighted by molar-refractivity contribution is 9.10. The van der Waals surface area contributed by atoms with Gasteiger partial charge in [-0.1, -0.05) is 48.0 Å². The first-order valence-corrected chi connectivity index (χ1v) is 9.67. The number of aliphatic hydroxyl groups is 2. The van der Waals surface area contributed by atoms with E-state index in [0.717, 1.165) is 29.8 Å². The predicted molar refractivity (Wildman–Crippen MR) is 105 cm³/mol. The molecule has 140 valence electrons. The molecule has 0 saturated carbocycles. The van der Waals surface area contributed by atoms with Gasteiger partial charge in [-0.15, -0.1) is 0 Å². The highest BCUT2D eigenvalue weighted by Gasteiger charge is 2.51. The number of anilines is 1. The quantitative estimate of drug-likeness (QED) is 0.749. The summed E-state index contributed by atoms with van der Waals surface area (Å²) in [7, 11) is 0. The van der Waals surface area contributed by atoms with E-state index >= 15 is 0 Å². The molecule has 2 aromatic rings. The molecule has 1 aliphatic rings. The van der Waals surface area contributed by atoms with Crippen molar-refractivity contribution in [1.82, 2.24) is 4.90 Å². The lowest BCUT2D eigenvalue weighted by Crippen LogP contribution is -2.48. The van der Waals surface area contributed by atoms with Gasteiger partial charge in [0.05, 0.1) is 0 Å². The number of halogens is 2. The molecule has 3 rings (SSSR count). The Bertz CT molecular complexity index is 784. The number of benzene rings is 2. The van der Waals surface area contributed by atoms with Gasteiger partial charge < -0.3 is 20.0 Å². The number of hydrogen-bond acceptors (Lipinski definition) is 4. The van der Waals surface area contributed by atoms with Crippen LogP contribution in [0.4, 0.5) is 10.1 Å². The molecule has 2 N–H and O–H groups in total. The lowest BCUT2D eigenvalue weighted by Gasteiger charge is -2.33. The maximum Gasteiger partial charge on any atom is 0.164 e. The molecule has 4 nitrogen and oxygen atoms in total. The first-order valence-electron chi connectivity index (χ1n) is 8.87. The largest absolute Gasteiger partial charge is 0.375 e. The maximum atomic E-state index is 14.5. The van der Waals surface area contributed by atoms with Crippen molar-refractivity contribution in [3.63, 3.8) is 0 Å². The Balaban J connectivity index is 2.05. The molecule has 1 aliphatic heterocycles. The third kappa shape index (κ3) is 3.16. The zero-order valence-corrected chi connectivity index (χ0v) is 16.6. The van der Waals surface area contributed by atoms with Crippen molar-refractivity contribution >= 4 is 21.6 Å². The molecule has 0 bridgehead atoms. The van der Waals surface area contributed by atoms with Gasteiger partial charge in [0.2, 0.25) is 0 Å². The third-order valence-corrected chi connectivity index (χ3v) is 5.68. The molecule has 6 heteroatoms. The molecule has 2 aromatic carbocycles. The fraction of sp³-hybridized carbons (Fsp3) is 0.400. The molecule has 1 heterocycles. The van der Waals surface area contributed by atoms with Gasteiger partial charge in [-0.3, -0.25) is 0 Å². The van der Waals surface area contributed by atoms with E-state index in [1.54, 1.807) is 23.1 Å². The molecular formula is C20H24BrFN2O2. The molecule has 0 aliphatic carbocycles. The van der Waals surface area contributed by atoms with E-state index < -0.39 is 17.6 Å². The summed E-state index contributed by atoms with van der Waals surface area (Å²) in [4.78, 5) is 4.00. The molecular weight excluding hydrogens is 399 g/mol. The van der Waals surface area contributed by atoms with Crippen molar-refractivity contribution < 1.29 is 14.6 Å². The second-order valence-corrected chi connectivity index (χ2v) is 7.42. The van der Waals surface area contributed by atoms with Gasteiger partial charge in [-0.2, -0.15) is 0 Å². The van der Waals surface area contributed by atoms with Crippen LogP contribution in [0, 0.1) is 5.82 Å². The highest BCUT2D eigenvalue weighted by Crippen LogP contribution is 2.48. The predicted octanol–water partition coefficient (Wildman–Crippen LogP) is 3.30. The van der Waals surface area contributed by atoms with E-state index in [4.69, 9.17) is 0 Å². The van der Waals surface area contributed by atoms with Crippen LogP contribution in [0.5, 0.6) is 0 Å². The van der Waals surface area contributed by atoms with E-state index in [0.29, 0.717) is 12.1 Å². The van der Waals surface area contributed by atoms with Crippen molar-refractivity contribution in [3.05, 3.63) is 63.9 Å². The van der Waals surface area contributed by atoms with Crippen molar-refractivity contribution in [2.45, 2.75) is 25.7 Å². The van der Waals surface area contributed by atoms with E-state index in [9.17, 15) is 14.6 Å². The average Bonchev–Trinajstić information content (AvgIpc) is 2.85. The molecule has 0 aromatic heterocycles. The second kappa shape index (κ2) is 7.64. The molecule has 0 radical (unpaired) electrons. The summed E-state index contributed by atoms with van der Waals surface area (Å²) < 4.78 is 15.3. The summed E-state index contributed by atoms with van der Waals surface area (Å²) in [6.45, 7) is 7.27. The zero-order valence-electron chi connectivity index (χ0n) is 15.0. The fourth-order valence-electron chi connectivity index (χ4n) is 3.65. The topological polar surface area (TPSA) is 46.9 Å². The maximum absolute atomic E-state index is 14.5. The number of nitrogens with zero attached hydrogens (tertiary/aromatic N) is 2. The van der Waals surface area contributed by atoms with Crippen molar-refractivity contribution in [2.24, 2.45) is 0 Å². The summed E-state index contributed by atoms with van der Waals surface area (Å²) in [6.07, 6.45) is -1.26. The molecule has 0 amide bonds. The Morgan fingerprint density at radius 1 is 1.15 bits per heavy atom. The van der Waals surface area contributed by atoms with Gasteiger partial charge in [-0.05, 0) is 37.4 Å². The summed E-state index contributed by atoms with van der Waals surface area (Å²) in [5, 5.41) is 22.5. The molecule has 2 atom stereocenters. The summed E-state index contributed by atoms with van der Waals surface area (Å²) in [5.41, 5.74) is -0.520. The van der Waals surface area contributed by atoms with E-state index in [1.165, 1.54) is 12.1 Å². The molecule has 0 fully saturated rings. The Morgan fingerprint density at radius 3 is 2.50 bits per heavy atom. The number of aliphatic hydroxyl groups excluding tert-OH is 1. The third-order valence-electron chi connectivity index (χ3n) is 5.18. The van der Waals surface area contributed by atoms with Crippen LogP contribution in [-0.4, -0.2) is 47.5 Å². The second-order valence-electron chi connectivity index (χ2n) is 6.50. The fourth-order valence-corrected chi connectivity index (χ4v) is 4.01. The van der Waals surface area contributed by atoms with Gasteiger partial charge in [0.25, 0.3) is 0 Å². The lowest BCUT2D eigenvalue weighted by atomic mass is 9.86. The molecule has 0 spiro atoms. The first kappa shape index (κ1) is 19.3. The summed E-state index contributed by atoms with van der Waals surface area (Å²) >= 11 is 3.42. The van der Waals surface area contributed by atoms with Crippen LogP contribution >= 0.6 is 15.9 Å². The summed E-state index contributed by atoms with van der Waals surface area (Å²) in [6, 6.07) is 11.5. The zero-order chi connectivity index (χ0) is 18.9. The number of fused-ring (bicyclic) bond motifs is 1. The van der Waals surface area contributed by atoms with E-state index in [-0.39, 0.29) is 5.56 Å². The first-order chi connectivity index (χ1) is 12.4. The number of rotatable bonds is 6. The van der Waals surface area contributed by atoms with Crippen LogP contribution in [0.25, 0.3) is 0 Å². The Hall–Kier alpha value is -1.47. The average molecular weight is 423 g/mol. The monoisotopic (exact) mass is 422 g/mol. The lowest BCUT2D eigenvalue weighted by molar-refractivity contribution is -0.0409. The van der Waals surface area contributed by atoms with Gasteiger partial charge in [0, 0.05) is 34.4 Å². The summed E-state index contributed by atoms with van der Waals surface area (Å²) in [5.74, 6) is -0.537. The molecule has 2 unspecified atom stereocenters. The van der Waals surface area contributed by atoms with Crippen LogP contribution in [0.2, 0.25) is 0 Å². The van der Waals surface area contributed by atoms with Gasteiger partial charge in [0.15, 0.2) is 11.8 Å². The van der Waals surface area contributed by atoms with Gasteiger partial charge in [0.1, 0.15) is 5.82 Å². The van der Waals surface area contributed by atoms with Crippen LogP contribution in [0.1, 0.15) is 25.0 Å². The van der Waals surface area contributed by atoms with Crippen molar-refractivity contribution in [1.29, 1.82) is 0 Å². The van der Waals surface area contributed by atoms with Crippen LogP contribution in [0.15, 0.2) is 46.9 Å². The van der Waals surface area contributed by atoms with Crippen molar-refractivity contribution in [3.8, 4) is 0 Å².